The summed E-state index contributed by atoms with van der Waals surface area (Å²) in [5.74, 6) is -0.478. The molecule has 1 unspecified atom stereocenters. The minimum absolute atomic E-state index is 0.0468. The van der Waals surface area contributed by atoms with Crippen molar-refractivity contribution >= 4 is 11.8 Å². The maximum absolute atomic E-state index is 13.8. The molecule has 2 amide bonds. The molecule has 1 N–H and O–H groups in total. The molecule has 1 aromatic rings. The Morgan fingerprint density at radius 1 is 1.33 bits per heavy atom. The van der Waals surface area contributed by atoms with E-state index in [1.165, 1.54) is 13.0 Å². The summed E-state index contributed by atoms with van der Waals surface area (Å²) in [6.07, 6.45) is 0. The lowest BCUT2D eigenvalue weighted by Gasteiger charge is -2.40. The third-order valence-electron chi connectivity index (χ3n) is 3.82. The number of likely N-dealkylation sites (N-methyl/N-ethyl adjacent to an activating group) is 1. The highest BCUT2D eigenvalue weighted by molar-refractivity contribution is 5.83. The molecule has 0 aliphatic carbocycles. The van der Waals surface area contributed by atoms with Gasteiger partial charge in [0.15, 0.2) is 0 Å². The van der Waals surface area contributed by atoms with Gasteiger partial charge in [0.05, 0.1) is 0 Å². The molecule has 1 aliphatic rings. The van der Waals surface area contributed by atoms with Gasteiger partial charge in [0.25, 0.3) is 0 Å². The highest BCUT2D eigenvalue weighted by Crippen LogP contribution is 2.16. The van der Waals surface area contributed by atoms with Crippen LogP contribution in [0.1, 0.15) is 12.5 Å². The molecule has 5 nitrogen and oxygen atoms in total. The number of amides is 2. The van der Waals surface area contributed by atoms with E-state index in [1.54, 1.807) is 30.1 Å². The van der Waals surface area contributed by atoms with Crippen molar-refractivity contribution in [3.63, 3.8) is 0 Å². The Morgan fingerprint density at radius 3 is 2.67 bits per heavy atom. The van der Waals surface area contributed by atoms with Crippen LogP contribution < -0.4 is 5.32 Å². The lowest BCUT2D eigenvalue weighted by Crippen LogP contribution is -2.59. The molecular weight excluding hydrogens is 273 g/mol. The van der Waals surface area contributed by atoms with E-state index in [1.807, 2.05) is 4.90 Å². The van der Waals surface area contributed by atoms with Crippen LogP contribution in [0.5, 0.6) is 0 Å². The molecule has 1 saturated heterocycles. The second-order valence-electron chi connectivity index (χ2n) is 5.16. The molecule has 0 bridgehead atoms. The van der Waals surface area contributed by atoms with E-state index in [-0.39, 0.29) is 17.6 Å². The fourth-order valence-corrected chi connectivity index (χ4v) is 2.56. The maximum Gasteiger partial charge on any atom is 0.238 e. The summed E-state index contributed by atoms with van der Waals surface area (Å²) in [6.45, 7) is 3.29. The van der Waals surface area contributed by atoms with Gasteiger partial charge in [-0.2, -0.15) is 0 Å². The first-order chi connectivity index (χ1) is 10.0. The van der Waals surface area contributed by atoms with Gasteiger partial charge in [0.2, 0.25) is 11.8 Å². The Bertz CT molecular complexity index is 535. The van der Waals surface area contributed by atoms with Crippen LogP contribution in [-0.4, -0.2) is 54.3 Å². The molecule has 0 radical (unpaired) electrons. The van der Waals surface area contributed by atoms with Crippen molar-refractivity contribution < 1.29 is 14.0 Å². The number of rotatable bonds is 3. The van der Waals surface area contributed by atoms with Crippen molar-refractivity contribution in [3.05, 3.63) is 35.6 Å². The minimum Gasteiger partial charge on any atom is -0.358 e. The van der Waals surface area contributed by atoms with Crippen LogP contribution in [0.15, 0.2) is 24.3 Å². The lowest BCUT2D eigenvalue weighted by molar-refractivity contribution is -0.136. The molecule has 0 aromatic heterocycles. The molecule has 0 spiro atoms. The van der Waals surface area contributed by atoms with Crippen LogP contribution in [-0.2, 0) is 16.1 Å². The summed E-state index contributed by atoms with van der Waals surface area (Å²) in [4.78, 5) is 27.1. The molecular formula is C15H20FN3O2. The number of piperazine rings is 1. The van der Waals surface area contributed by atoms with Gasteiger partial charge in [-0.05, 0) is 6.07 Å². The molecule has 1 heterocycles. The Morgan fingerprint density at radius 2 is 2.05 bits per heavy atom. The summed E-state index contributed by atoms with van der Waals surface area (Å²) >= 11 is 0. The number of benzene rings is 1. The Balaban J connectivity index is 2.15. The van der Waals surface area contributed by atoms with Crippen molar-refractivity contribution in [2.45, 2.75) is 19.5 Å². The molecule has 2 rings (SSSR count). The van der Waals surface area contributed by atoms with Gasteiger partial charge >= 0.3 is 0 Å². The summed E-state index contributed by atoms with van der Waals surface area (Å²) in [7, 11) is 1.57. The molecule has 114 valence electrons. The van der Waals surface area contributed by atoms with E-state index in [0.717, 1.165) is 0 Å². The summed E-state index contributed by atoms with van der Waals surface area (Å²) in [5, 5.41) is 2.61. The number of halogens is 1. The third-order valence-corrected chi connectivity index (χ3v) is 3.82. The zero-order chi connectivity index (χ0) is 15.4. The predicted molar refractivity (Wildman–Crippen MR) is 76.9 cm³/mol. The predicted octanol–water partition coefficient (Wildman–Crippen LogP) is 0.604. The zero-order valence-electron chi connectivity index (χ0n) is 12.3. The Kier molecular flexibility index (Phi) is 4.90. The summed E-state index contributed by atoms with van der Waals surface area (Å²) in [6, 6.07) is 6.10. The van der Waals surface area contributed by atoms with E-state index in [2.05, 4.69) is 5.32 Å². The van der Waals surface area contributed by atoms with Gasteiger partial charge in [-0.3, -0.25) is 14.5 Å². The smallest absolute Gasteiger partial charge is 0.238 e. The molecule has 1 aliphatic heterocycles. The molecule has 1 aromatic carbocycles. The molecule has 1 atom stereocenters. The largest absolute Gasteiger partial charge is 0.358 e. The number of nitrogens with zero attached hydrogens (tertiary/aromatic N) is 2. The number of hydrogen-bond acceptors (Lipinski definition) is 3. The number of hydrogen-bond donors (Lipinski definition) is 1. The Hall–Kier alpha value is -1.95. The van der Waals surface area contributed by atoms with Gasteiger partial charge < -0.3 is 10.2 Å². The molecule has 1 fully saturated rings. The maximum atomic E-state index is 13.8. The third kappa shape index (κ3) is 3.58. The van der Waals surface area contributed by atoms with Crippen LogP contribution in [0.25, 0.3) is 0 Å². The average Bonchev–Trinajstić information content (AvgIpc) is 2.49. The second kappa shape index (κ2) is 6.67. The van der Waals surface area contributed by atoms with Crippen molar-refractivity contribution in [2.75, 3.05) is 26.7 Å². The first-order valence-electron chi connectivity index (χ1n) is 6.97. The normalized spacial score (nSPS) is 19.4. The quantitative estimate of drug-likeness (QED) is 0.888. The summed E-state index contributed by atoms with van der Waals surface area (Å²) < 4.78 is 13.8. The topological polar surface area (TPSA) is 52.7 Å². The van der Waals surface area contributed by atoms with Gasteiger partial charge in [0.1, 0.15) is 11.9 Å². The van der Waals surface area contributed by atoms with Crippen molar-refractivity contribution in [1.29, 1.82) is 0 Å². The van der Waals surface area contributed by atoms with Crippen molar-refractivity contribution in [3.8, 4) is 0 Å². The van der Waals surface area contributed by atoms with Crippen LogP contribution in [0, 0.1) is 5.82 Å². The molecule has 0 saturated carbocycles. The summed E-state index contributed by atoms with van der Waals surface area (Å²) in [5.41, 5.74) is 0.558. The molecule has 21 heavy (non-hydrogen) atoms. The van der Waals surface area contributed by atoms with E-state index >= 15 is 0 Å². The second-order valence-corrected chi connectivity index (χ2v) is 5.16. The monoisotopic (exact) mass is 293 g/mol. The van der Waals surface area contributed by atoms with E-state index < -0.39 is 6.04 Å². The fourth-order valence-electron chi connectivity index (χ4n) is 2.56. The Labute approximate surface area is 123 Å². The van der Waals surface area contributed by atoms with E-state index in [0.29, 0.717) is 31.7 Å². The standard InChI is InChI=1S/C15H20FN3O2/c1-11(20)18-7-8-19(14(10-18)15(21)17-2)9-12-5-3-4-6-13(12)16/h3-6,14H,7-10H2,1-2H3,(H,17,21). The highest BCUT2D eigenvalue weighted by atomic mass is 19.1. The van der Waals surface area contributed by atoms with E-state index in [4.69, 9.17) is 0 Å². The van der Waals surface area contributed by atoms with E-state index in [9.17, 15) is 14.0 Å². The number of carbonyl (C=O) groups excluding carboxylic acids is 2. The average molecular weight is 293 g/mol. The van der Waals surface area contributed by atoms with Crippen LogP contribution >= 0.6 is 0 Å². The number of carbonyl (C=O) groups is 2. The van der Waals surface area contributed by atoms with Crippen molar-refractivity contribution in [2.24, 2.45) is 0 Å². The number of nitrogens with one attached hydrogen (secondary N) is 1. The van der Waals surface area contributed by atoms with Gasteiger partial charge in [-0.1, -0.05) is 18.2 Å². The van der Waals surface area contributed by atoms with Gasteiger partial charge in [-0.15, -0.1) is 0 Å². The van der Waals surface area contributed by atoms with Crippen LogP contribution in [0.4, 0.5) is 4.39 Å². The lowest BCUT2D eigenvalue weighted by atomic mass is 10.1. The molecule has 6 heteroatoms. The first kappa shape index (κ1) is 15.4. The highest BCUT2D eigenvalue weighted by Gasteiger charge is 2.33. The minimum atomic E-state index is -0.452. The van der Waals surface area contributed by atoms with Gasteiger partial charge in [-0.25, -0.2) is 4.39 Å². The SMILES string of the molecule is CNC(=O)C1CN(C(C)=O)CCN1Cc1ccccc1F. The zero-order valence-corrected chi connectivity index (χ0v) is 12.3. The fraction of sp³-hybridized carbons (Fsp3) is 0.467. The van der Waals surface area contributed by atoms with Gasteiger partial charge in [0, 0.05) is 45.7 Å². The van der Waals surface area contributed by atoms with Crippen molar-refractivity contribution in [1.82, 2.24) is 15.1 Å². The van der Waals surface area contributed by atoms with Crippen LogP contribution in [0.2, 0.25) is 0 Å². The van der Waals surface area contributed by atoms with Crippen LogP contribution in [0.3, 0.4) is 0 Å². The first-order valence-corrected chi connectivity index (χ1v) is 6.97.